The molecule has 3 aromatic heterocycles. The van der Waals surface area contributed by atoms with E-state index in [0.717, 1.165) is 49.7 Å². The van der Waals surface area contributed by atoms with Crippen LogP contribution in [-0.4, -0.2) is 48.8 Å². The van der Waals surface area contributed by atoms with Gasteiger partial charge in [-0.2, -0.15) is 10.1 Å². The minimum atomic E-state index is -0.107. The van der Waals surface area contributed by atoms with Gasteiger partial charge in [-0.3, -0.25) is 14.5 Å². The molecule has 1 saturated carbocycles. The molecule has 1 aliphatic carbocycles. The lowest BCUT2D eigenvalue weighted by atomic mass is 9.73. The Kier molecular flexibility index (Phi) is 5.06. The van der Waals surface area contributed by atoms with Crippen LogP contribution in [-0.2, 0) is 16.8 Å². The minimum absolute atomic E-state index is 0.107. The summed E-state index contributed by atoms with van der Waals surface area (Å²) in [4.78, 5) is 23.6. The molecule has 2 aliphatic rings. The van der Waals surface area contributed by atoms with Gasteiger partial charge in [0, 0.05) is 56.3 Å². The molecule has 0 bridgehead atoms. The predicted molar refractivity (Wildman–Crippen MR) is 109 cm³/mol. The van der Waals surface area contributed by atoms with Gasteiger partial charge in [0.05, 0.1) is 5.56 Å². The van der Waals surface area contributed by atoms with Crippen molar-refractivity contribution < 1.29 is 9.32 Å². The molecule has 8 heteroatoms. The van der Waals surface area contributed by atoms with E-state index in [0.29, 0.717) is 18.9 Å². The number of pyridine rings is 1. The van der Waals surface area contributed by atoms with E-state index in [1.807, 2.05) is 29.3 Å². The molecule has 0 aromatic carbocycles. The quantitative estimate of drug-likeness (QED) is 0.599. The lowest BCUT2D eigenvalue weighted by molar-refractivity contribution is -0.133. The molecule has 4 heterocycles. The van der Waals surface area contributed by atoms with E-state index in [4.69, 9.17) is 9.51 Å². The highest BCUT2D eigenvalue weighted by molar-refractivity contribution is 5.76. The van der Waals surface area contributed by atoms with Crippen molar-refractivity contribution in [2.45, 2.75) is 50.5 Å². The third-order valence-electron chi connectivity index (χ3n) is 6.37. The zero-order valence-corrected chi connectivity index (χ0v) is 17.0. The van der Waals surface area contributed by atoms with Crippen molar-refractivity contribution in [1.82, 2.24) is 29.8 Å². The number of carbonyl (C=O) groups is 1. The highest BCUT2D eigenvalue weighted by Gasteiger charge is 2.44. The number of carbonyl (C=O) groups excluding carboxylic acids is 1. The molecule has 0 atom stereocenters. The largest absolute Gasteiger partial charge is 0.343 e. The van der Waals surface area contributed by atoms with Crippen LogP contribution in [0.2, 0.25) is 0 Å². The van der Waals surface area contributed by atoms with Gasteiger partial charge >= 0.3 is 0 Å². The molecule has 1 saturated heterocycles. The second kappa shape index (κ2) is 8.01. The van der Waals surface area contributed by atoms with Gasteiger partial charge in [-0.1, -0.05) is 18.0 Å². The lowest BCUT2D eigenvalue weighted by Gasteiger charge is -2.40. The maximum Gasteiger partial charge on any atom is 0.259 e. The Labute approximate surface area is 175 Å². The Morgan fingerprint density at radius 3 is 2.77 bits per heavy atom. The zero-order valence-electron chi connectivity index (χ0n) is 17.0. The van der Waals surface area contributed by atoms with Gasteiger partial charge in [0.2, 0.25) is 5.91 Å². The fourth-order valence-electron chi connectivity index (χ4n) is 4.42. The van der Waals surface area contributed by atoms with E-state index >= 15 is 0 Å². The molecule has 30 heavy (non-hydrogen) atoms. The highest BCUT2D eigenvalue weighted by atomic mass is 16.5. The molecule has 3 aromatic rings. The van der Waals surface area contributed by atoms with Crippen LogP contribution in [0.3, 0.4) is 0 Å². The van der Waals surface area contributed by atoms with Crippen LogP contribution in [0.5, 0.6) is 0 Å². The van der Waals surface area contributed by atoms with Crippen molar-refractivity contribution in [2.75, 3.05) is 13.1 Å². The second-order valence-corrected chi connectivity index (χ2v) is 8.49. The average molecular weight is 406 g/mol. The van der Waals surface area contributed by atoms with E-state index < -0.39 is 0 Å². The topological polar surface area (TPSA) is 89.9 Å². The van der Waals surface area contributed by atoms with Crippen molar-refractivity contribution >= 4 is 5.91 Å². The fourth-order valence-corrected chi connectivity index (χ4v) is 4.42. The monoisotopic (exact) mass is 406 g/mol. The fraction of sp³-hybridized carbons (Fsp3) is 0.500. The first-order valence-electron chi connectivity index (χ1n) is 10.7. The number of hydrogen-bond acceptors (Lipinski definition) is 6. The van der Waals surface area contributed by atoms with Crippen LogP contribution in [0.25, 0.3) is 11.5 Å². The standard InChI is InChI=1S/C22H26N6O2/c29-19(6-12-28-11-2-10-24-28)27-13-7-22(8-14-27,15-17-4-5-17)21-25-20(30-26-21)18-3-1-9-23-16-18/h1-3,9-11,16-17H,4-8,12-15H2. The molecule has 0 radical (unpaired) electrons. The molecule has 5 rings (SSSR count). The molecule has 1 aliphatic heterocycles. The molecule has 2 fully saturated rings. The van der Waals surface area contributed by atoms with Crippen molar-refractivity contribution in [3.8, 4) is 11.5 Å². The Morgan fingerprint density at radius 2 is 2.07 bits per heavy atom. The lowest BCUT2D eigenvalue weighted by Crippen LogP contribution is -2.46. The predicted octanol–water partition coefficient (Wildman–Crippen LogP) is 3.08. The first kappa shape index (κ1) is 19.0. The maximum absolute atomic E-state index is 12.7. The van der Waals surface area contributed by atoms with Crippen molar-refractivity contribution in [2.24, 2.45) is 5.92 Å². The molecule has 0 spiro atoms. The van der Waals surface area contributed by atoms with Gasteiger partial charge in [0.1, 0.15) is 0 Å². The number of aryl methyl sites for hydroxylation is 1. The summed E-state index contributed by atoms with van der Waals surface area (Å²) in [5.74, 6) is 2.24. The van der Waals surface area contributed by atoms with E-state index in [1.165, 1.54) is 12.8 Å². The molecule has 0 N–H and O–H groups in total. The Hall–Kier alpha value is -3.03. The Bertz CT molecular complexity index is 972. The third kappa shape index (κ3) is 3.99. The molecular formula is C22H26N6O2. The summed E-state index contributed by atoms with van der Waals surface area (Å²) in [6.45, 7) is 2.09. The average Bonchev–Trinajstić information content (AvgIpc) is 3.23. The van der Waals surface area contributed by atoms with E-state index in [9.17, 15) is 4.79 Å². The van der Waals surface area contributed by atoms with Crippen molar-refractivity contribution in [1.29, 1.82) is 0 Å². The zero-order chi connectivity index (χ0) is 20.4. The summed E-state index contributed by atoms with van der Waals surface area (Å²) in [6, 6.07) is 5.67. The number of hydrogen-bond donors (Lipinski definition) is 0. The van der Waals surface area contributed by atoms with Gasteiger partial charge in [0.25, 0.3) is 5.89 Å². The molecule has 156 valence electrons. The number of amides is 1. The normalized spacial score (nSPS) is 18.5. The van der Waals surface area contributed by atoms with Crippen molar-refractivity contribution in [3.05, 3.63) is 48.8 Å². The Balaban J connectivity index is 1.28. The number of likely N-dealkylation sites (tertiary alicyclic amines) is 1. The molecule has 1 amide bonds. The van der Waals surface area contributed by atoms with Gasteiger partial charge in [-0.25, -0.2) is 0 Å². The molecule has 0 unspecified atom stereocenters. The maximum atomic E-state index is 12.7. The van der Waals surface area contributed by atoms with Gasteiger partial charge in [0.15, 0.2) is 5.82 Å². The smallest absolute Gasteiger partial charge is 0.259 e. The van der Waals surface area contributed by atoms with Gasteiger partial charge < -0.3 is 9.42 Å². The summed E-state index contributed by atoms with van der Waals surface area (Å²) < 4.78 is 7.40. The minimum Gasteiger partial charge on any atom is -0.343 e. The molecular weight excluding hydrogens is 380 g/mol. The number of piperidine rings is 1. The van der Waals surface area contributed by atoms with E-state index in [-0.39, 0.29) is 11.3 Å². The van der Waals surface area contributed by atoms with Crippen molar-refractivity contribution in [3.63, 3.8) is 0 Å². The van der Waals surface area contributed by atoms with Crippen LogP contribution in [0, 0.1) is 5.92 Å². The summed E-state index contributed by atoms with van der Waals surface area (Å²) in [7, 11) is 0. The van der Waals surface area contributed by atoms with Crippen LogP contribution in [0.15, 0.2) is 47.5 Å². The summed E-state index contributed by atoms with van der Waals surface area (Å²) in [6.07, 6.45) is 13.0. The summed E-state index contributed by atoms with van der Waals surface area (Å²) in [5, 5.41) is 8.56. The van der Waals surface area contributed by atoms with Gasteiger partial charge in [-0.15, -0.1) is 0 Å². The van der Waals surface area contributed by atoms with Crippen LogP contribution < -0.4 is 0 Å². The van der Waals surface area contributed by atoms with Gasteiger partial charge in [-0.05, 0) is 43.4 Å². The SMILES string of the molecule is O=C(CCn1cccn1)N1CCC(CC2CC2)(c2noc(-c3cccnc3)n2)CC1. The van der Waals surface area contributed by atoms with E-state index in [1.54, 1.807) is 23.3 Å². The first-order valence-corrected chi connectivity index (χ1v) is 10.7. The first-order chi connectivity index (χ1) is 14.7. The third-order valence-corrected chi connectivity index (χ3v) is 6.37. The number of rotatable bonds is 7. The Morgan fingerprint density at radius 1 is 1.20 bits per heavy atom. The number of aromatic nitrogens is 5. The van der Waals surface area contributed by atoms with Crippen LogP contribution in [0.1, 0.15) is 44.3 Å². The summed E-state index contributed by atoms with van der Waals surface area (Å²) >= 11 is 0. The van der Waals surface area contributed by atoms with E-state index in [2.05, 4.69) is 15.2 Å². The number of nitrogens with zero attached hydrogens (tertiary/aromatic N) is 6. The van der Waals surface area contributed by atoms with Crippen LogP contribution >= 0.6 is 0 Å². The summed E-state index contributed by atoms with van der Waals surface area (Å²) in [5.41, 5.74) is 0.730. The van der Waals surface area contributed by atoms with Crippen LogP contribution in [0.4, 0.5) is 0 Å². The molecule has 8 nitrogen and oxygen atoms in total. The highest BCUT2D eigenvalue weighted by Crippen LogP contribution is 2.46. The second-order valence-electron chi connectivity index (χ2n) is 8.49.